The van der Waals surface area contributed by atoms with Crippen LogP contribution in [-0.2, 0) is 10.8 Å². The molecule has 0 bridgehead atoms. The maximum Gasteiger partial charge on any atom is 0.151 e. The molecule has 29 aromatic rings. The topological polar surface area (TPSA) is 32.1 Å². The third-order valence-corrected chi connectivity index (χ3v) is 37.7. The van der Waals surface area contributed by atoms with Gasteiger partial charge in [0.25, 0.3) is 0 Å². The summed E-state index contributed by atoms with van der Waals surface area (Å²) in [7, 11) is 0. The van der Waals surface area contributed by atoms with Crippen molar-refractivity contribution in [1.29, 1.82) is 0 Å². The van der Waals surface area contributed by atoms with E-state index in [0.717, 1.165) is 67.6 Å². The maximum absolute atomic E-state index is 6.59. The number of furan rings is 1. The highest BCUT2D eigenvalue weighted by Crippen LogP contribution is 2.67. The van der Waals surface area contributed by atoms with Crippen LogP contribution in [0.15, 0.2) is 484 Å². The third kappa shape index (κ3) is 12.1. The lowest BCUT2D eigenvalue weighted by Crippen LogP contribution is -2.28. The molecule has 22 aromatic carbocycles. The van der Waals surface area contributed by atoms with Crippen LogP contribution in [0.4, 0.5) is 51.2 Å². The molecule has 1 aliphatic heterocycles. The molecule has 0 amide bonds. The molecule has 7 aromatic heterocycles. The van der Waals surface area contributed by atoms with Gasteiger partial charge in [-0.15, -0.1) is 68.0 Å². The lowest BCUT2D eigenvalue weighted by molar-refractivity contribution is 0.477. The summed E-state index contributed by atoms with van der Waals surface area (Å²) in [5, 5.41) is 18.2. The molecule has 678 valence electrons. The van der Waals surface area contributed by atoms with Gasteiger partial charge in [0.15, 0.2) is 11.5 Å². The second kappa shape index (κ2) is 32.3. The number of ether oxygens (including phenoxy) is 1. The number of nitrogens with zero attached hydrogens (tertiary/aromatic N) is 3. The monoisotopic (exact) mass is 1950 g/mol. The number of rotatable bonds is 9. The number of anilines is 9. The Morgan fingerprint density at radius 3 is 1.12 bits per heavy atom. The standard InChI is InChI=1S/C55H33NOS2.C49H29NS2.C30H17NOS2/c1-3-14-34(15-4-1)55(35-16-5-2-6-17-35)44-21-10-7-18-38(44)39-28-26-36(32-45(39)55)56(37-27-29-41-40-19-8-11-23-47(40)57-48(41)33-37)46-22-13-25-50-52(46)53-51(58-50)31-30-43-42-20-9-12-24-49(42)59-54(43)53;1-2-14-30(15-3-1)50(41-25-13-27-43-46(41)47-44(51-43)29-28-34-33-18-7-11-26-42(33)52-48(34)47)40-24-12-23-39-45(40)35-19-6-10-22-38(35)49(39)36-20-8-4-16-31(36)32-17-5-9-21-37(32)49;1-6-14-25-18(8-1)19-16-17-27-29(30(19)34-25)28-22(11-7-15-26(28)33-27)31-20-9-2-4-12-23(20)32-24-13-5-3-10-21(24)31/h1-33H;1-29H;1-17H. The molecule has 0 saturated heterocycles. The molecule has 5 nitrogen and oxygen atoms in total. The van der Waals surface area contributed by atoms with Crippen molar-refractivity contribution in [3.8, 4) is 44.9 Å². The van der Waals surface area contributed by atoms with Gasteiger partial charge < -0.3 is 23.9 Å². The van der Waals surface area contributed by atoms with Crippen LogP contribution in [0.3, 0.4) is 0 Å². The number of fused-ring (bicyclic) bond motifs is 39. The van der Waals surface area contributed by atoms with Crippen molar-refractivity contribution in [3.05, 3.63) is 524 Å². The van der Waals surface area contributed by atoms with E-state index in [0.29, 0.717) is 0 Å². The van der Waals surface area contributed by atoms with Crippen molar-refractivity contribution in [3.63, 3.8) is 0 Å². The van der Waals surface area contributed by atoms with E-state index >= 15 is 0 Å². The third-order valence-electron chi connectivity index (χ3n) is 30.7. The first-order valence-corrected chi connectivity index (χ1v) is 54.1. The summed E-state index contributed by atoms with van der Waals surface area (Å²) in [6.07, 6.45) is 0. The first-order chi connectivity index (χ1) is 71.9. The second-order valence-electron chi connectivity index (χ2n) is 38.0. The number of para-hydroxylation sites is 6. The van der Waals surface area contributed by atoms with Crippen molar-refractivity contribution < 1.29 is 9.15 Å². The summed E-state index contributed by atoms with van der Waals surface area (Å²) in [6.45, 7) is 0. The van der Waals surface area contributed by atoms with Gasteiger partial charge in [0.05, 0.1) is 45.0 Å². The van der Waals surface area contributed by atoms with Gasteiger partial charge in [0.1, 0.15) is 11.2 Å². The van der Waals surface area contributed by atoms with E-state index in [-0.39, 0.29) is 0 Å². The molecular weight excluding hydrogens is 1880 g/mol. The van der Waals surface area contributed by atoms with Crippen LogP contribution in [0.25, 0.3) is 176 Å². The molecule has 11 heteroatoms. The highest BCUT2D eigenvalue weighted by molar-refractivity contribution is 7.31. The zero-order valence-corrected chi connectivity index (χ0v) is 82.6. The van der Waals surface area contributed by atoms with Gasteiger partial charge in [-0.25, -0.2) is 0 Å². The van der Waals surface area contributed by atoms with E-state index in [2.05, 4.69) is 464 Å². The van der Waals surface area contributed by atoms with Crippen LogP contribution in [0, 0.1) is 0 Å². The first kappa shape index (κ1) is 82.8. The van der Waals surface area contributed by atoms with Crippen molar-refractivity contribution >= 4 is 262 Å². The fourth-order valence-electron chi connectivity index (χ4n) is 24.9. The lowest BCUT2D eigenvalue weighted by atomic mass is 9.67. The van der Waals surface area contributed by atoms with Crippen molar-refractivity contribution in [2.24, 2.45) is 0 Å². The molecule has 1 spiro atoms. The minimum atomic E-state index is -0.525. The molecule has 0 saturated carbocycles. The molecular formula is C134H79N3O2S6. The summed E-state index contributed by atoms with van der Waals surface area (Å²) < 4.78 is 28.8. The second-order valence-corrected chi connectivity index (χ2v) is 44.4. The van der Waals surface area contributed by atoms with E-state index in [1.54, 1.807) is 0 Å². The molecule has 0 atom stereocenters. The van der Waals surface area contributed by atoms with Crippen molar-refractivity contribution in [1.82, 2.24) is 0 Å². The Hall–Kier alpha value is -16.8. The highest BCUT2D eigenvalue weighted by atomic mass is 32.1. The van der Waals surface area contributed by atoms with Crippen LogP contribution in [-0.4, -0.2) is 0 Å². The van der Waals surface area contributed by atoms with Gasteiger partial charge in [0.2, 0.25) is 0 Å². The van der Waals surface area contributed by atoms with Gasteiger partial charge in [-0.2, -0.15) is 0 Å². The first-order valence-electron chi connectivity index (χ1n) is 49.2. The Kier molecular flexibility index (Phi) is 18.5. The Bertz CT molecular complexity index is 10300. The zero-order valence-electron chi connectivity index (χ0n) is 77.7. The smallest absolute Gasteiger partial charge is 0.151 e. The Labute approximate surface area is 858 Å². The fourth-order valence-corrected chi connectivity index (χ4v) is 32.2. The van der Waals surface area contributed by atoms with E-state index < -0.39 is 10.8 Å². The van der Waals surface area contributed by atoms with Crippen LogP contribution in [0.5, 0.6) is 11.5 Å². The van der Waals surface area contributed by atoms with Crippen LogP contribution < -0.4 is 19.4 Å². The molecule has 8 heterocycles. The van der Waals surface area contributed by atoms with E-state index in [9.17, 15) is 0 Å². The summed E-state index contributed by atoms with van der Waals surface area (Å²) in [5.74, 6) is 1.76. The molecule has 145 heavy (non-hydrogen) atoms. The molecule has 0 N–H and O–H groups in total. The quantitative estimate of drug-likeness (QED) is 0.144. The number of hydrogen-bond donors (Lipinski definition) is 0. The molecule has 3 aliphatic carbocycles. The van der Waals surface area contributed by atoms with E-state index in [1.807, 2.05) is 98.4 Å². The van der Waals surface area contributed by atoms with Gasteiger partial charge in [-0.1, -0.05) is 328 Å². The Balaban J connectivity index is 0.000000102. The molecule has 0 radical (unpaired) electrons. The Morgan fingerprint density at radius 1 is 0.200 bits per heavy atom. The predicted molar refractivity (Wildman–Crippen MR) is 622 cm³/mol. The SMILES string of the molecule is c1ccc(C2(c3ccccc3)c3ccccc3-c3ccc(N(c4ccc5c(c4)oc4ccccc45)c4cccc5sc6ccc7c8ccccc8sc7c6c45)cc32)cc1.c1ccc(N(c2cccc3c2-c2ccccc2C32c3ccccc3-c3ccccc32)c2cccc3sc4ccc5c6ccccc6sc5c4c23)cc1.c1ccc2c(c1)Oc1ccccc1N2c1cccc2sc3ccc4c5ccccc5sc4c3c12. The summed E-state index contributed by atoms with van der Waals surface area (Å²) in [5.41, 5.74) is 29.3. The average Bonchev–Trinajstić information content (AvgIpc) is 1.50. The lowest BCUT2D eigenvalue weighted by Gasteiger charge is -2.35. The number of benzene rings is 22. The van der Waals surface area contributed by atoms with Crippen LogP contribution >= 0.6 is 68.0 Å². The Morgan fingerprint density at radius 2 is 0.566 bits per heavy atom. The van der Waals surface area contributed by atoms with Crippen molar-refractivity contribution in [2.45, 2.75) is 10.8 Å². The average molecular weight is 1960 g/mol. The minimum Gasteiger partial charge on any atom is -0.456 e. The fraction of sp³-hybridized carbons (Fsp3) is 0.0149. The molecule has 4 aliphatic rings. The normalized spacial score (nSPS) is 13.3. The zero-order chi connectivity index (χ0) is 94.8. The maximum atomic E-state index is 6.59. The predicted octanol–water partition coefficient (Wildman–Crippen LogP) is 40.4. The molecule has 0 fully saturated rings. The van der Waals surface area contributed by atoms with Crippen molar-refractivity contribution in [2.75, 3.05) is 14.7 Å². The summed E-state index contributed by atoms with van der Waals surface area (Å²) in [6, 6.07) is 176. The van der Waals surface area contributed by atoms with E-state index in [1.165, 1.54) is 216 Å². The summed E-state index contributed by atoms with van der Waals surface area (Å²) >= 11 is 11.4. The van der Waals surface area contributed by atoms with Gasteiger partial charge >= 0.3 is 0 Å². The molecule has 0 unspecified atom stereocenters. The van der Waals surface area contributed by atoms with Crippen LogP contribution in [0.1, 0.15) is 44.5 Å². The van der Waals surface area contributed by atoms with Gasteiger partial charge in [-0.3, -0.25) is 0 Å². The number of hydrogen-bond acceptors (Lipinski definition) is 11. The molecule has 33 rings (SSSR count). The minimum absolute atomic E-state index is 0.401. The van der Waals surface area contributed by atoms with Gasteiger partial charge in [-0.05, 0) is 218 Å². The summed E-state index contributed by atoms with van der Waals surface area (Å²) in [4.78, 5) is 7.40. The highest BCUT2D eigenvalue weighted by Gasteiger charge is 2.53. The van der Waals surface area contributed by atoms with E-state index in [4.69, 9.17) is 9.15 Å². The van der Waals surface area contributed by atoms with Gasteiger partial charge in [0, 0.05) is 160 Å². The van der Waals surface area contributed by atoms with Crippen LogP contribution in [0.2, 0.25) is 0 Å². The largest absolute Gasteiger partial charge is 0.456 e. The number of thiophene rings is 6.